The first kappa shape index (κ1) is 17.4. The Balaban J connectivity index is 1.78. The topological polar surface area (TPSA) is 45.9 Å². The molecule has 3 rings (SSSR count). The fraction of sp³-hybridized carbons (Fsp3) is 0.200. The third-order valence-electron chi connectivity index (χ3n) is 3.40. The van der Waals surface area contributed by atoms with Gasteiger partial charge in [-0.25, -0.2) is 4.98 Å². The van der Waals surface area contributed by atoms with Crippen LogP contribution in [-0.4, -0.2) is 11.6 Å². The Morgan fingerprint density at radius 1 is 1.24 bits per heavy atom. The summed E-state index contributed by atoms with van der Waals surface area (Å²) in [5, 5.41) is 14.3. The highest BCUT2D eigenvalue weighted by Crippen LogP contribution is 2.29. The SMILES string of the molecule is CC(C)COc1ccc(/C=C(/C#N)c2nc(-c3cccs3)cs2)cc1. The first-order chi connectivity index (χ1) is 12.2. The Labute approximate surface area is 155 Å². The molecule has 0 fully saturated rings. The Bertz CT molecular complexity index is 885. The van der Waals surface area contributed by atoms with Gasteiger partial charge in [-0.2, -0.15) is 5.26 Å². The number of rotatable bonds is 6. The van der Waals surface area contributed by atoms with Crippen LogP contribution in [0.3, 0.4) is 0 Å². The molecule has 0 bridgehead atoms. The maximum absolute atomic E-state index is 9.51. The summed E-state index contributed by atoms with van der Waals surface area (Å²) in [6.07, 6.45) is 1.86. The fourth-order valence-corrected chi connectivity index (χ4v) is 3.71. The van der Waals surface area contributed by atoms with Crippen LogP contribution in [-0.2, 0) is 0 Å². The number of ether oxygens (including phenoxy) is 1. The second kappa shape index (κ2) is 8.11. The van der Waals surface area contributed by atoms with Crippen LogP contribution in [0.4, 0.5) is 0 Å². The standard InChI is InChI=1S/C20H18N2OS2/c1-14(2)12-23-17-7-5-15(6-8-17)10-16(11-21)20-22-18(13-25-20)19-4-3-9-24-19/h3-10,13-14H,12H2,1-2H3/b16-10-. The van der Waals surface area contributed by atoms with E-state index in [1.807, 2.05) is 53.2 Å². The first-order valence-corrected chi connectivity index (χ1v) is 9.76. The quantitative estimate of drug-likeness (QED) is 0.505. The normalized spacial score (nSPS) is 11.5. The van der Waals surface area contributed by atoms with Crippen LogP contribution in [0, 0.1) is 17.2 Å². The van der Waals surface area contributed by atoms with E-state index in [4.69, 9.17) is 4.74 Å². The van der Waals surface area contributed by atoms with Crippen molar-refractivity contribution < 1.29 is 4.74 Å². The average Bonchev–Trinajstić information content (AvgIpc) is 3.30. The molecule has 0 aliphatic heterocycles. The average molecular weight is 367 g/mol. The van der Waals surface area contributed by atoms with Gasteiger partial charge in [-0.1, -0.05) is 32.0 Å². The van der Waals surface area contributed by atoms with Crippen molar-refractivity contribution in [1.29, 1.82) is 5.26 Å². The number of nitrogens with zero attached hydrogens (tertiary/aromatic N) is 2. The van der Waals surface area contributed by atoms with Gasteiger partial charge in [0.15, 0.2) is 0 Å². The minimum Gasteiger partial charge on any atom is -0.493 e. The van der Waals surface area contributed by atoms with Gasteiger partial charge in [0.1, 0.15) is 16.8 Å². The molecule has 1 aromatic carbocycles. The molecule has 2 aromatic heterocycles. The van der Waals surface area contributed by atoms with Crippen LogP contribution in [0.15, 0.2) is 47.2 Å². The van der Waals surface area contributed by atoms with Gasteiger partial charge in [0.2, 0.25) is 0 Å². The van der Waals surface area contributed by atoms with Crippen LogP contribution in [0.25, 0.3) is 22.2 Å². The van der Waals surface area contributed by atoms with E-state index in [-0.39, 0.29) is 0 Å². The second-order valence-electron chi connectivity index (χ2n) is 5.96. The highest BCUT2D eigenvalue weighted by atomic mass is 32.1. The highest BCUT2D eigenvalue weighted by Gasteiger charge is 2.09. The van der Waals surface area contributed by atoms with E-state index in [9.17, 15) is 5.26 Å². The third-order valence-corrected chi connectivity index (χ3v) is 5.17. The molecular weight excluding hydrogens is 348 g/mol. The van der Waals surface area contributed by atoms with Crippen molar-refractivity contribution in [3.05, 3.63) is 57.7 Å². The zero-order valence-corrected chi connectivity index (χ0v) is 15.7. The molecule has 25 heavy (non-hydrogen) atoms. The summed E-state index contributed by atoms with van der Waals surface area (Å²) in [4.78, 5) is 5.72. The summed E-state index contributed by atoms with van der Waals surface area (Å²) in [6.45, 7) is 4.94. The van der Waals surface area contributed by atoms with Gasteiger partial charge in [-0.05, 0) is 41.1 Å². The monoisotopic (exact) mass is 366 g/mol. The minimum atomic E-state index is 0.493. The van der Waals surface area contributed by atoms with Gasteiger partial charge in [-0.3, -0.25) is 0 Å². The van der Waals surface area contributed by atoms with E-state index in [1.54, 1.807) is 11.3 Å². The summed E-state index contributed by atoms with van der Waals surface area (Å²) < 4.78 is 5.69. The zero-order valence-electron chi connectivity index (χ0n) is 14.1. The maximum atomic E-state index is 9.51. The molecule has 126 valence electrons. The van der Waals surface area contributed by atoms with E-state index in [2.05, 4.69) is 24.9 Å². The smallest absolute Gasteiger partial charge is 0.134 e. The molecular formula is C20H18N2OS2. The number of aromatic nitrogens is 1. The zero-order chi connectivity index (χ0) is 17.6. The lowest BCUT2D eigenvalue weighted by molar-refractivity contribution is 0.271. The maximum Gasteiger partial charge on any atom is 0.134 e. The molecule has 0 spiro atoms. The van der Waals surface area contributed by atoms with Crippen LogP contribution < -0.4 is 4.74 Å². The molecule has 2 heterocycles. The van der Waals surface area contributed by atoms with E-state index < -0.39 is 0 Å². The molecule has 0 N–H and O–H groups in total. The van der Waals surface area contributed by atoms with Crippen LogP contribution in [0.2, 0.25) is 0 Å². The van der Waals surface area contributed by atoms with Gasteiger partial charge >= 0.3 is 0 Å². The van der Waals surface area contributed by atoms with Gasteiger partial charge in [-0.15, -0.1) is 22.7 Å². The molecule has 0 aliphatic rings. The molecule has 0 amide bonds. The molecule has 0 saturated heterocycles. The van der Waals surface area contributed by atoms with E-state index in [0.717, 1.165) is 26.9 Å². The van der Waals surface area contributed by atoms with Gasteiger partial charge < -0.3 is 4.74 Å². The van der Waals surface area contributed by atoms with Crippen molar-refractivity contribution in [2.45, 2.75) is 13.8 Å². The number of thiophene rings is 1. The van der Waals surface area contributed by atoms with Crippen molar-refractivity contribution >= 4 is 34.3 Å². The molecule has 0 atom stereocenters. The van der Waals surface area contributed by atoms with Crippen molar-refractivity contribution in [2.75, 3.05) is 6.61 Å². The van der Waals surface area contributed by atoms with Crippen molar-refractivity contribution in [1.82, 2.24) is 4.98 Å². The van der Waals surface area contributed by atoms with Gasteiger partial charge in [0.25, 0.3) is 0 Å². The van der Waals surface area contributed by atoms with Crippen LogP contribution in [0.5, 0.6) is 5.75 Å². The van der Waals surface area contributed by atoms with E-state index >= 15 is 0 Å². The Hall–Kier alpha value is -2.42. The van der Waals surface area contributed by atoms with E-state index in [1.165, 1.54) is 11.3 Å². The number of benzene rings is 1. The summed E-state index contributed by atoms with van der Waals surface area (Å²) in [6, 6.07) is 14.1. The van der Waals surface area contributed by atoms with Crippen molar-refractivity contribution in [3.63, 3.8) is 0 Å². The lowest BCUT2D eigenvalue weighted by Gasteiger charge is -2.08. The van der Waals surface area contributed by atoms with Crippen molar-refractivity contribution in [3.8, 4) is 22.4 Å². The summed E-state index contributed by atoms with van der Waals surface area (Å²) >= 11 is 3.14. The first-order valence-electron chi connectivity index (χ1n) is 8.00. The molecule has 3 nitrogen and oxygen atoms in total. The molecule has 3 aromatic rings. The summed E-state index contributed by atoms with van der Waals surface area (Å²) in [5.41, 5.74) is 2.46. The highest BCUT2D eigenvalue weighted by molar-refractivity contribution is 7.14. The lowest BCUT2D eigenvalue weighted by Crippen LogP contribution is -2.04. The number of hydrogen-bond acceptors (Lipinski definition) is 5. The molecule has 0 radical (unpaired) electrons. The number of nitriles is 1. The van der Waals surface area contributed by atoms with Crippen LogP contribution >= 0.6 is 22.7 Å². The molecule has 0 saturated carbocycles. The number of hydrogen-bond donors (Lipinski definition) is 0. The predicted octanol–water partition coefficient (Wildman–Crippen LogP) is 5.97. The Morgan fingerprint density at radius 3 is 2.68 bits per heavy atom. The molecule has 0 unspecified atom stereocenters. The lowest BCUT2D eigenvalue weighted by atomic mass is 10.1. The largest absolute Gasteiger partial charge is 0.493 e. The van der Waals surface area contributed by atoms with Gasteiger partial charge in [0.05, 0.1) is 22.8 Å². The molecule has 5 heteroatoms. The van der Waals surface area contributed by atoms with Crippen LogP contribution in [0.1, 0.15) is 24.4 Å². The minimum absolute atomic E-state index is 0.493. The Kier molecular flexibility index (Phi) is 5.64. The Morgan fingerprint density at radius 2 is 2.04 bits per heavy atom. The fourth-order valence-electron chi connectivity index (χ4n) is 2.17. The van der Waals surface area contributed by atoms with E-state index in [0.29, 0.717) is 18.1 Å². The van der Waals surface area contributed by atoms with Crippen molar-refractivity contribution in [2.24, 2.45) is 5.92 Å². The summed E-state index contributed by atoms with van der Waals surface area (Å²) in [5.74, 6) is 1.34. The number of allylic oxidation sites excluding steroid dienone is 1. The van der Waals surface area contributed by atoms with Gasteiger partial charge in [0, 0.05) is 5.38 Å². The molecule has 0 aliphatic carbocycles. The number of thiazole rings is 1. The predicted molar refractivity (Wildman–Crippen MR) is 106 cm³/mol. The second-order valence-corrected chi connectivity index (χ2v) is 7.76. The summed E-state index contributed by atoms with van der Waals surface area (Å²) in [7, 11) is 0. The third kappa shape index (κ3) is 4.56.